The molecule has 1 aliphatic rings. The van der Waals surface area contributed by atoms with E-state index in [0.717, 1.165) is 5.56 Å². The predicted octanol–water partition coefficient (Wildman–Crippen LogP) is 2.58. The molecule has 0 N–H and O–H groups in total. The molecule has 0 aliphatic carbocycles. The summed E-state index contributed by atoms with van der Waals surface area (Å²) in [6, 6.07) is 5.43. The number of carbonyl (C=O) groups is 1. The fraction of sp³-hybridized carbons (Fsp3) is 0.200. The molecule has 0 aromatic heterocycles. The molecular formula is C15H15NO4. The molecule has 0 radical (unpaired) electrons. The second-order valence-corrected chi connectivity index (χ2v) is 4.09. The van der Waals surface area contributed by atoms with E-state index in [1.807, 2.05) is 12.1 Å². The lowest BCUT2D eigenvalue weighted by molar-refractivity contribution is -0.136. The lowest BCUT2D eigenvalue weighted by Crippen LogP contribution is -2.03. The third-order valence-electron chi connectivity index (χ3n) is 2.75. The van der Waals surface area contributed by atoms with Crippen molar-refractivity contribution < 1.29 is 19.1 Å². The Labute approximate surface area is 117 Å². The van der Waals surface area contributed by atoms with Crippen LogP contribution < -0.4 is 9.47 Å². The quantitative estimate of drug-likeness (QED) is 0.470. The number of hydrogen-bond acceptors (Lipinski definition) is 5. The molecule has 5 heteroatoms. The molecule has 20 heavy (non-hydrogen) atoms. The number of oxime groups is 1. The van der Waals surface area contributed by atoms with Crippen LogP contribution in [0.2, 0.25) is 0 Å². The summed E-state index contributed by atoms with van der Waals surface area (Å²) in [5.41, 5.74) is 1.66. The number of methoxy groups -OCH3 is 1. The van der Waals surface area contributed by atoms with E-state index in [1.165, 1.54) is 0 Å². The normalized spacial score (nSPS) is 15.8. The average molecular weight is 273 g/mol. The first-order chi connectivity index (χ1) is 9.67. The molecule has 1 aromatic carbocycles. The number of benzene rings is 1. The van der Waals surface area contributed by atoms with E-state index in [1.54, 1.807) is 32.3 Å². The van der Waals surface area contributed by atoms with Gasteiger partial charge in [0.05, 0.1) is 18.4 Å². The molecular weight excluding hydrogens is 258 g/mol. The van der Waals surface area contributed by atoms with Crippen LogP contribution in [-0.4, -0.2) is 25.4 Å². The van der Waals surface area contributed by atoms with Crippen molar-refractivity contribution in [2.75, 3.05) is 13.7 Å². The second-order valence-electron chi connectivity index (χ2n) is 4.09. The van der Waals surface area contributed by atoms with E-state index in [2.05, 4.69) is 16.6 Å². The Morgan fingerprint density at radius 3 is 2.85 bits per heavy atom. The lowest BCUT2D eigenvalue weighted by Gasteiger charge is -2.12. The molecule has 1 heterocycles. The highest BCUT2D eigenvalue weighted by molar-refractivity contribution is 6.24. The van der Waals surface area contributed by atoms with Gasteiger partial charge in [-0.05, 0) is 19.1 Å². The SMILES string of the molecule is C=CCOc1c(/C=C2\C(=O)ON=C2C)cccc1OC. The summed E-state index contributed by atoms with van der Waals surface area (Å²) in [7, 11) is 1.56. The van der Waals surface area contributed by atoms with Crippen LogP contribution in [0, 0.1) is 0 Å². The van der Waals surface area contributed by atoms with Crippen LogP contribution >= 0.6 is 0 Å². The maximum absolute atomic E-state index is 11.6. The summed E-state index contributed by atoms with van der Waals surface area (Å²) < 4.78 is 10.9. The van der Waals surface area contributed by atoms with Crippen LogP contribution in [0.15, 0.2) is 41.6 Å². The van der Waals surface area contributed by atoms with Gasteiger partial charge >= 0.3 is 5.97 Å². The molecule has 0 saturated carbocycles. The van der Waals surface area contributed by atoms with Crippen molar-refractivity contribution in [2.45, 2.75) is 6.92 Å². The van der Waals surface area contributed by atoms with Gasteiger partial charge in [0.2, 0.25) is 0 Å². The third kappa shape index (κ3) is 2.71. The molecule has 0 atom stereocenters. The van der Waals surface area contributed by atoms with Gasteiger partial charge in [-0.25, -0.2) is 4.79 Å². The summed E-state index contributed by atoms with van der Waals surface area (Å²) in [6.07, 6.45) is 3.31. The Morgan fingerprint density at radius 2 is 2.25 bits per heavy atom. The van der Waals surface area contributed by atoms with Gasteiger partial charge in [0.15, 0.2) is 11.5 Å². The lowest BCUT2D eigenvalue weighted by atomic mass is 10.1. The first kappa shape index (κ1) is 13.9. The van der Waals surface area contributed by atoms with Gasteiger partial charge in [0.25, 0.3) is 0 Å². The van der Waals surface area contributed by atoms with Crippen molar-refractivity contribution >= 4 is 17.8 Å². The minimum Gasteiger partial charge on any atom is -0.493 e. The largest absolute Gasteiger partial charge is 0.493 e. The van der Waals surface area contributed by atoms with Crippen molar-refractivity contribution in [1.29, 1.82) is 0 Å². The molecule has 2 rings (SSSR count). The molecule has 104 valence electrons. The van der Waals surface area contributed by atoms with Crippen molar-refractivity contribution in [3.63, 3.8) is 0 Å². The van der Waals surface area contributed by atoms with Crippen LogP contribution in [0.25, 0.3) is 6.08 Å². The predicted molar refractivity (Wildman–Crippen MR) is 75.9 cm³/mol. The first-order valence-corrected chi connectivity index (χ1v) is 6.06. The van der Waals surface area contributed by atoms with Crippen LogP contribution in [-0.2, 0) is 9.63 Å². The van der Waals surface area contributed by atoms with E-state index in [4.69, 9.17) is 9.47 Å². The third-order valence-corrected chi connectivity index (χ3v) is 2.75. The highest BCUT2D eigenvalue weighted by Gasteiger charge is 2.22. The number of carbonyl (C=O) groups excluding carboxylic acids is 1. The molecule has 0 amide bonds. The standard InChI is InChI=1S/C15H15NO4/c1-4-8-19-14-11(6-5-7-13(14)18-3)9-12-10(2)16-20-15(12)17/h4-7,9H,1,8H2,2-3H3/b12-9-. The number of ether oxygens (including phenoxy) is 2. The highest BCUT2D eigenvalue weighted by Crippen LogP contribution is 2.33. The maximum atomic E-state index is 11.6. The summed E-state index contributed by atoms with van der Waals surface area (Å²) in [5, 5.41) is 3.64. The van der Waals surface area contributed by atoms with Crippen molar-refractivity contribution in [2.24, 2.45) is 5.16 Å². The van der Waals surface area contributed by atoms with Gasteiger partial charge in [-0.15, -0.1) is 0 Å². The Morgan fingerprint density at radius 1 is 1.45 bits per heavy atom. The fourth-order valence-corrected chi connectivity index (χ4v) is 1.78. The second kappa shape index (κ2) is 6.06. The zero-order valence-corrected chi connectivity index (χ0v) is 11.4. The Balaban J connectivity index is 2.45. The molecule has 5 nitrogen and oxygen atoms in total. The molecule has 0 spiro atoms. The van der Waals surface area contributed by atoms with Crippen LogP contribution in [0.4, 0.5) is 0 Å². The number of para-hydroxylation sites is 1. The van der Waals surface area contributed by atoms with Gasteiger partial charge in [-0.2, -0.15) is 0 Å². The molecule has 0 unspecified atom stereocenters. The van der Waals surface area contributed by atoms with Crippen LogP contribution in [0.3, 0.4) is 0 Å². The summed E-state index contributed by atoms with van der Waals surface area (Å²) >= 11 is 0. The average Bonchev–Trinajstić information content (AvgIpc) is 2.77. The monoisotopic (exact) mass is 273 g/mol. The zero-order chi connectivity index (χ0) is 14.5. The summed E-state index contributed by atoms with van der Waals surface area (Å²) in [5.74, 6) is 0.664. The van der Waals surface area contributed by atoms with E-state index < -0.39 is 5.97 Å². The van der Waals surface area contributed by atoms with Gasteiger partial charge in [-0.3, -0.25) is 0 Å². The van der Waals surface area contributed by atoms with Crippen molar-refractivity contribution in [3.05, 3.63) is 42.0 Å². The van der Waals surface area contributed by atoms with E-state index in [9.17, 15) is 4.79 Å². The Bertz CT molecular complexity index is 602. The minimum absolute atomic E-state index is 0.341. The van der Waals surface area contributed by atoms with Gasteiger partial charge in [0.1, 0.15) is 6.61 Å². The molecule has 0 fully saturated rings. The van der Waals surface area contributed by atoms with Crippen LogP contribution in [0.5, 0.6) is 11.5 Å². The van der Waals surface area contributed by atoms with E-state index >= 15 is 0 Å². The van der Waals surface area contributed by atoms with Gasteiger partial charge < -0.3 is 14.3 Å². The molecule has 0 bridgehead atoms. The summed E-state index contributed by atoms with van der Waals surface area (Å²) in [6.45, 7) is 5.66. The highest BCUT2D eigenvalue weighted by atomic mass is 16.7. The van der Waals surface area contributed by atoms with E-state index in [-0.39, 0.29) is 0 Å². The zero-order valence-electron chi connectivity index (χ0n) is 11.4. The first-order valence-electron chi connectivity index (χ1n) is 6.06. The van der Waals surface area contributed by atoms with Crippen molar-refractivity contribution in [3.8, 4) is 11.5 Å². The molecule has 0 saturated heterocycles. The summed E-state index contributed by atoms with van der Waals surface area (Å²) in [4.78, 5) is 16.2. The van der Waals surface area contributed by atoms with E-state index in [0.29, 0.717) is 29.4 Å². The van der Waals surface area contributed by atoms with Crippen LogP contribution in [0.1, 0.15) is 12.5 Å². The number of hydrogen-bond donors (Lipinski definition) is 0. The molecule has 1 aromatic rings. The van der Waals surface area contributed by atoms with Crippen molar-refractivity contribution in [1.82, 2.24) is 0 Å². The Hall–Kier alpha value is -2.56. The minimum atomic E-state index is -0.472. The molecule has 1 aliphatic heterocycles. The maximum Gasteiger partial charge on any atom is 0.367 e. The van der Waals surface area contributed by atoms with Gasteiger partial charge in [0, 0.05) is 5.56 Å². The Kier molecular flexibility index (Phi) is 4.20. The number of nitrogens with zero attached hydrogens (tertiary/aromatic N) is 1. The fourth-order valence-electron chi connectivity index (χ4n) is 1.78. The van der Waals surface area contributed by atoms with Gasteiger partial charge in [-0.1, -0.05) is 29.9 Å². The topological polar surface area (TPSA) is 57.1 Å². The smallest absolute Gasteiger partial charge is 0.367 e. The number of rotatable bonds is 5.